The molecule has 0 radical (unpaired) electrons. The molecule has 0 spiro atoms. The van der Waals surface area contributed by atoms with E-state index in [0.29, 0.717) is 5.56 Å². The van der Waals surface area contributed by atoms with Crippen molar-refractivity contribution in [2.45, 2.75) is 37.1 Å². The molecule has 0 N–H and O–H groups in total. The van der Waals surface area contributed by atoms with E-state index in [0.717, 1.165) is 0 Å². The molecule has 0 fully saturated rings. The number of hydrogen-bond acceptors (Lipinski definition) is 4. The molecule has 0 saturated carbocycles. The summed E-state index contributed by atoms with van der Waals surface area (Å²) in [7, 11) is -1.72. The third-order valence-corrected chi connectivity index (χ3v) is 4.52. The Kier molecular flexibility index (Phi) is 3.25. The molecule has 2 aromatic heterocycles. The number of aryl methyl sites for hydroxylation is 1. The molecule has 19 heavy (non-hydrogen) atoms. The predicted molar refractivity (Wildman–Crippen MR) is 71.3 cm³/mol. The first kappa shape index (κ1) is 13.8. The van der Waals surface area contributed by atoms with Crippen LogP contribution in [0.25, 0.3) is 0 Å². The summed E-state index contributed by atoms with van der Waals surface area (Å²) in [5.41, 5.74) is 0.519. The molecular weight excluding hydrogens is 264 g/mol. The van der Waals surface area contributed by atoms with Crippen LogP contribution in [0.2, 0.25) is 0 Å². The van der Waals surface area contributed by atoms with Crippen LogP contribution in [0.1, 0.15) is 26.3 Å². The SMILES string of the molecule is Cn1cncc1S(=O)(=O)Cc1cnn(C(C)(C)C)c1. The van der Waals surface area contributed by atoms with E-state index in [9.17, 15) is 8.42 Å². The second-order valence-electron chi connectivity index (χ2n) is 5.57. The summed E-state index contributed by atoms with van der Waals surface area (Å²) >= 11 is 0. The summed E-state index contributed by atoms with van der Waals surface area (Å²) in [4.78, 5) is 3.84. The molecule has 6 nitrogen and oxygen atoms in total. The van der Waals surface area contributed by atoms with Gasteiger partial charge in [-0.1, -0.05) is 0 Å². The second-order valence-corrected chi connectivity index (χ2v) is 7.50. The van der Waals surface area contributed by atoms with Crippen molar-refractivity contribution >= 4 is 9.84 Å². The van der Waals surface area contributed by atoms with E-state index in [1.165, 1.54) is 17.1 Å². The maximum absolute atomic E-state index is 12.2. The fourth-order valence-electron chi connectivity index (χ4n) is 1.74. The fourth-order valence-corrected chi connectivity index (χ4v) is 3.18. The molecule has 0 saturated heterocycles. The maximum Gasteiger partial charge on any atom is 0.199 e. The minimum Gasteiger partial charge on any atom is -0.325 e. The lowest BCUT2D eigenvalue weighted by Crippen LogP contribution is -2.22. The van der Waals surface area contributed by atoms with Crippen LogP contribution in [-0.2, 0) is 28.2 Å². The van der Waals surface area contributed by atoms with Gasteiger partial charge in [0, 0.05) is 18.8 Å². The van der Waals surface area contributed by atoms with Gasteiger partial charge in [0.2, 0.25) is 0 Å². The van der Waals surface area contributed by atoms with Crippen LogP contribution in [0.15, 0.2) is 29.9 Å². The zero-order chi connectivity index (χ0) is 14.3. The van der Waals surface area contributed by atoms with E-state index in [2.05, 4.69) is 10.1 Å². The van der Waals surface area contributed by atoms with Gasteiger partial charge in [-0.3, -0.25) is 4.68 Å². The molecule has 2 heterocycles. The summed E-state index contributed by atoms with van der Waals surface area (Å²) in [6.07, 6.45) is 6.21. The standard InChI is InChI=1S/C12H18N4O2S/c1-12(2,3)16-7-10(5-14-16)8-19(17,18)11-6-13-9-15(11)4/h5-7,9H,8H2,1-4H3. The maximum atomic E-state index is 12.2. The average Bonchev–Trinajstić information content (AvgIpc) is 2.85. The lowest BCUT2D eigenvalue weighted by atomic mass is 10.1. The summed E-state index contributed by atoms with van der Waals surface area (Å²) in [5, 5.41) is 4.42. The highest BCUT2D eigenvalue weighted by atomic mass is 32.2. The fraction of sp³-hybridized carbons (Fsp3) is 0.500. The highest BCUT2D eigenvalue weighted by molar-refractivity contribution is 7.90. The van der Waals surface area contributed by atoms with Crippen LogP contribution in [0, 0.1) is 0 Å². The Morgan fingerprint density at radius 2 is 1.95 bits per heavy atom. The molecule has 0 atom stereocenters. The molecule has 2 rings (SSSR count). The first-order chi connectivity index (χ1) is 8.70. The van der Waals surface area contributed by atoms with Gasteiger partial charge in [-0.2, -0.15) is 5.10 Å². The smallest absolute Gasteiger partial charge is 0.199 e. The van der Waals surface area contributed by atoms with E-state index >= 15 is 0 Å². The molecule has 0 aliphatic heterocycles. The monoisotopic (exact) mass is 282 g/mol. The molecule has 0 aromatic carbocycles. The molecule has 0 aliphatic carbocycles. The number of nitrogens with zero attached hydrogens (tertiary/aromatic N) is 4. The Bertz CT molecular complexity index is 677. The summed E-state index contributed by atoms with van der Waals surface area (Å²) in [6.45, 7) is 6.04. The van der Waals surface area contributed by atoms with Gasteiger partial charge in [-0.25, -0.2) is 13.4 Å². The van der Waals surface area contributed by atoms with Crippen LogP contribution in [-0.4, -0.2) is 27.7 Å². The highest BCUT2D eigenvalue weighted by Gasteiger charge is 2.21. The van der Waals surface area contributed by atoms with Crippen molar-refractivity contribution in [3.05, 3.63) is 30.5 Å². The van der Waals surface area contributed by atoms with Crippen molar-refractivity contribution in [3.63, 3.8) is 0 Å². The van der Waals surface area contributed by atoms with E-state index in [1.54, 1.807) is 24.1 Å². The molecular formula is C12H18N4O2S. The zero-order valence-electron chi connectivity index (χ0n) is 11.5. The molecule has 0 unspecified atom stereocenters. The van der Waals surface area contributed by atoms with Crippen molar-refractivity contribution in [2.75, 3.05) is 0 Å². The minimum atomic E-state index is -3.39. The normalized spacial score (nSPS) is 12.8. The summed E-state index contributed by atoms with van der Waals surface area (Å²) in [5.74, 6) is -0.0669. The Hall–Kier alpha value is -1.63. The number of imidazole rings is 1. The van der Waals surface area contributed by atoms with Crippen molar-refractivity contribution < 1.29 is 8.42 Å². The van der Waals surface area contributed by atoms with Gasteiger partial charge in [-0.05, 0) is 20.8 Å². The van der Waals surface area contributed by atoms with Crippen LogP contribution in [0.4, 0.5) is 0 Å². The average molecular weight is 282 g/mol. The lowest BCUT2D eigenvalue weighted by molar-refractivity contribution is 0.355. The molecule has 0 aliphatic rings. The number of hydrogen-bond donors (Lipinski definition) is 0. The number of sulfone groups is 1. The van der Waals surface area contributed by atoms with E-state index < -0.39 is 9.84 Å². The molecule has 0 bridgehead atoms. The molecule has 0 amide bonds. The Morgan fingerprint density at radius 1 is 1.26 bits per heavy atom. The third-order valence-electron chi connectivity index (χ3n) is 2.77. The van der Waals surface area contributed by atoms with Crippen LogP contribution in [0.3, 0.4) is 0 Å². The minimum absolute atomic E-state index is 0.0669. The predicted octanol–water partition coefficient (Wildman–Crippen LogP) is 1.35. The van der Waals surface area contributed by atoms with Crippen LogP contribution in [0.5, 0.6) is 0 Å². The summed E-state index contributed by atoms with van der Waals surface area (Å²) in [6, 6.07) is 0. The summed E-state index contributed by atoms with van der Waals surface area (Å²) < 4.78 is 27.8. The van der Waals surface area contributed by atoms with Gasteiger partial charge in [-0.15, -0.1) is 0 Å². The van der Waals surface area contributed by atoms with E-state index in [1.807, 2.05) is 20.8 Å². The number of rotatable bonds is 3. The zero-order valence-corrected chi connectivity index (χ0v) is 12.3. The van der Waals surface area contributed by atoms with Gasteiger partial charge in [0.25, 0.3) is 0 Å². The molecule has 104 valence electrons. The van der Waals surface area contributed by atoms with Gasteiger partial charge >= 0.3 is 0 Å². The van der Waals surface area contributed by atoms with Crippen molar-refractivity contribution in [3.8, 4) is 0 Å². The van der Waals surface area contributed by atoms with Gasteiger partial charge in [0.05, 0.1) is 30.0 Å². The first-order valence-corrected chi connectivity index (χ1v) is 7.58. The largest absolute Gasteiger partial charge is 0.325 e. The van der Waals surface area contributed by atoms with Gasteiger partial charge < -0.3 is 4.57 Å². The van der Waals surface area contributed by atoms with Crippen molar-refractivity contribution in [1.29, 1.82) is 0 Å². The topological polar surface area (TPSA) is 69.8 Å². The van der Waals surface area contributed by atoms with E-state index in [4.69, 9.17) is 0 Å². The third kappa shape index (κ3) is 2.86. The van der Waals surface area contributed by atoms with Gasteiger partial charge in [0.15, 0.2) is 14.9 Å². The second kappa shape index (κ2) is 4.48. The Labute approximate surface area is 113 Å². The van der Waals surface area contributed by atoms with Crippen LogP contribution < -0.4 is 0 Å². The lowest BCUT2D eigenvalue weighted by Gasteiger charge is -2.18. The molecule has 2 aromatic rings. The quantitative estimate of drug-likeness (QED) is 0.852. The van der Waals surface area contributed by atoms with Crippen LogP contribution >= 0.6 is 0 Å². The van der Waals surface area contributed by atoms with Crippen molar-refractivity contribution in [2.24, 2.45) is 7.05 Å². The van der Waals surface area contributed by atoms with Crippen molar-refractivity contribution in [1.82, 2.24) is 19.3 Å². The Balaban J connectivity index is 2.27. The first-order valence-electron chi connectivity index (χ1n) is 5.93. The Morgan fingerprint density at radius 3 is 2.42 bits per heavy atom. The van der Waals surface area contributed by atoms with E-state index in [-0.39, 0.29) is 16.3 Å². The number of aromatic nitrogens is 4. The molecule has 7 heteroatoms. The van der Waals surface area contributed by atoms with Gasteiger partial charge in [0.1, 0.15) is 0 Å². The highest BCUT2D eigenvalue weighted by Crippen LogP contribution is 2.18.